The van der Waals surface area contributed by atoms with Crippen LogP contribution in [-0.2, 0) is 11.2 Å². The molecule has 0 saturated carbocycles. The Morgan fingerprint density at radius 1 is 1.27 bits per heavy atom. The number of benzene rings is 1. The number of carbonyl (C=O) groups is 2. The third-order valence-corrected chi connectivity index (χ3v) is 5.54. The number of hydrogen-bond donors (Lipinski definition) is 2. The number of ether oxygens (including phenoxy) is 1. The number of hydrogen-bond acceptors (Lipinski definition) is 7. The number of amides is 2. The first-order valence-corrected chi connectivity index (χ1v) is 11.5. The van der Waals surface area contributed by atoms with Gasteiger partial charge in [0.05, 0.1) is 5.69 Å². The summed E-state index contributed by atoms with van der Waals surface area (Å²) in [6.07, 6.45) is 1.93. The minimum atomic E-state index is -1.15. The molecule has 0 spiro atoms. The van der Waals surface area contributed by atoms with Crippen molar-refractivity contribution in [3.63, 3.8) is 0 Å². The summed E-state index contributed by atoms with van der Waals surface area (Å²) in [5.74, 6) is 5.25. The molecule has 3 heterocycles. The first kappa shape index (κ1) is 25.4. The fraction of sp³-hybridized carbons (Fsp3) is 0.250. The van der Waals surface area contributed by atoms with Crippen LogP contribution in [0.2, 0.25) is 0 Å². The summed E-state index contributed by atoms with van der Waals surface area (Å²) in [6, 6.07) is 14.8. The van der Waals surface area contributed by atoms with Crippen molar-refractivity contribution in [2.75, 3.05) is 18.6 Å². The summed E-state index contributed by atoms with van der Waals surface area (Å²) in [5.41, 5.74) is 1.92. The smallest absolute Gasteiger partial charge is 0.270 e. The third-order valence-electron chi connectivity index (χ3n) is 5.54. The van der Waals surface area contributed by atoms with E-state index in [1.165, 1.54) is 11.1 Å². The molecule has 9 heteroatoms. The monoisotopic (exact) mass is 495 g/mol. The second-order valence-electron chi connectivity index (χ2n) is 9.08. The average Bonchev–Trinajstić information content (AvgIpc) is 2.99. The average molecular weight is 496 g/mol. The van der Waals surface area contributed by atoms with Crippen LogP contribution in [0.1, 0.15) is 46.9 Å². The van der Waals surface area contributed by atoms with Crippen molar-refractivity contribution in [1.82, 2.24) is 15.3 Å². The van der Waals surface area contributed by atoms with Crippen LogP contribution < -0.4 is 15.0 Å². The lowest BCUT2D eigenvalue weighted by Crippen LogP contribution is -2.49. The SMILES string of the molecule is CN1C(=O)C(NC(=O)c2cc(Cc3cccc(C#N)n3)ccn2)COc2ccc(C#CC(C)(C)O)cc21. The van der Waals surface area contributed by atoms with Crippen LogP contribution in [0.3, 0.4) is 0 Å². The molecule has 2 amide bonds. The molecule has 3 aromatic rings. The van der Waals surface area contributed by atoms with Gasteiger partial charge in [0, 0.05) is 30.9 Å². The van der Waals surface area contributed by atoms with E-state index in [1.54, 1.807) is 69.4 Å². The molecular formula is C28H25N5O4. The molecule has 2 aromatic heterocycles. The Balaban J connectivity index is 1.48. The normalized spacial score (nSPS) is 14.8. The summed E-state index contributed by atoms with van der Waals surface area (Å²) < 4.78 is 5.83. The van der Waals surface area contributed by atoms with Gasteiger partial charge in [0.1, 0.15) is 41.5 Å². The number of nitriles is 1. The highest BCUT2D eigenvalue weighted by Gasteiger charge is 2.31. The molecule has 9 nitrogen and oxygen atoms in total. The maximum absolute atomic E-state index is 13.2. The third kappa shape index (κ3) is 6.29. The lowest BCUT2D eigenvalue weighted by atomic mass is 10.1. The van der Waals surface area contributed by atoms with Crippen LogP contribution in [0.5, 0.6) is 5.75 Å². The first-order valence-electron chi connectivity index (χ1n) is 11.5. The summed E-state index contributed by atoms with van der Waals surface area (Å²) >= 11 is 0. The van der Waals surface area contributed by atoms with Crippen molar-refractivity contribution >= 4 is 17.5 Å². The Labute approximate surface area is 214 Å². The molecule has 37 heavy (non-hydrogen) atoms. The van der Waals surface area contributed by atoms with E-state index < -0.39 is 17.6 Å². The molecule has 0 radical (unpaired) electrons. The zero-order chi connectivity index (χ0) is 26.6. The molecule has 0 saturated heterocycles. The molecular weight excluding hydrogens is 470 g/mol. The molecule has 4 rings (SSSR count). The zero-order valence-electron chi connectivity index (χ0n) is 20.6. The molecule has 1 aromatic carbocycles. The minimum absolute atomic E-state index is 0.0544. The highest BCUT2D eigenvalue weighted by Crippen LogP contribution is 2.31. The van der Waals surface area contributed by atoms with Gasteiger partial charge in [-0.3, -0.25) is 14.6 Å². The Morgan fingerprint density at radius 2 is 2.08 bits per heavy atom. The van der Waals surface area contributed by atoms with Gasteiger partial charge in [-0.05, 0) is 61.9 Å². The van der Waals surface area contributed by atoms with Crippen LogP contribution in [0.4, 0.5) is 5.69 Å². The fourth-order valence-electron chi connectivity index (χ4n) is 3.69. The number of pyridine rings is 2. The number of nitrogens with zero attached hydrogens (tertiary/aromatic N) is 4. The van der Waals surface area contributed by atoms with Crippen molar-refractivity contribution < 1.29 is 19.4 Å². The number of fused-ring (bicyclic) bond motifs is 1. The van der Waals surface area contributed by atoms with Crippen molar-refractivity contribution in [1.29, 1.82) is 5.26 Å². The zero-order valence-corrected chi connectivity index (χ0v) is 20.6. The van der Waals surface area contributed by atoms with Crippen LogP contribution in [-0.4, -0.2) is 52.2 Å². The van der Waals surface area contributed by atoms with Gasteiger partial charge in [-0.1, -0.05) is 17.9 Å². The molecule has 186 valence electrons. The molecule has 1 atom stereocenters. The Bertz CT molecular complexity index is 1460. The number of anilines is 1. The Morgan fingerprint density at radius 3 is 2.84 bits per heavy atom. The van der Waals surface area contributed by atoms with Gasteiger partial charge in [-0.25, -0.2) is 4.98 Å². The van der Waals surface area contributed by atoms with Gasteiger partial charge in [-0.15, -0.1) is 0 Å². The predicted octanol–water partition coefficient (Wildman–Crippen LogP) is 2.22. The minimum Gasteiger partial charge on any atom is -0.489 e. The van der Waals surface area contributed by atoms with E-state index in [-0.39, 0.29) is 18.2 Å². The highest BCUT2D eigenvalue weighted by atomic mass is 16.5. The van der Waals surface area contributed by atoms with Crippen LogP contribution in [0.15, 0.2) is 54.7 Å². The van der Waals surface area contributed by atoms with Crippen LogP contribution in [0, 0.1) is 23.2 Å². The molecule has 0 bridgehead atoms. The quantitative estimate of drug-likeness (QED) is 0.531. The van der Waals surface area contributed by atoms with Crippen LogP contribution in [0.25, 0.3) is 0 Å². The number of aliphatic hydroxyl groups is 1. The molecule has 0 aliphatic carbocycles. The number of nitrogens with one attached hydrogen (secondary N) is 1. The lowest BCUT2D eigenvalue weighted by molar-refractivity contribution is -0.120. The van der Waals surface area contributed by atoms with E-state index in [1.807, 2.05) is 6.07 Å². The molecule has 2 N–H and O–H groups in total. The van der Waals surface area contributed by atoms with Gasteiger partial charge >= 0.3 is 0 Å². The van der Waals surface area contributed by atoms with Gasteiger partial charge in [0.25, 0.3) is 11.8 Å². The van der Waals surface area contributed by atoms with Gasteiger partial charge in [-0.2, -0.15) is 5.26 Å². The van der Waals surface area contributed by atoms with E-state index >= 15 is 0 Å². The van der Waals surface area contributed by atoms with Gasteiger partial charge in [0.15, 0.2) is 0 Å². The summed E-state index contributed by atoms with van der Waals surface area (Å²) in [5, 5.41) is 21.6. The van der Waals surface area contributed by atoms with E-state index in [9.17, 15) is 14.7 Å². The molecule has 1 aliphatic rings. The number of likely N-dealkylation sites (N-methyl/N-ethyl adjacent to an activating group) is 1. The topological polar surface area (TPSA) is 128 Å². The predicted molar refractivity (Wildman–Crippen MR) is 136 cm³/mol. The molecule has 1 unspecified atom stereocenters. The standard InChI is InChI=1S/C28H25N5O4/c1-28(2,36)11-9-18-7-8-25-24(15-18)33(3)27(35)23(17-37-25)32-26(34)22-14-19(10-12-30-22)13-20-5-4-6-21(16-29)31-20/h4-8,10,12,14-15,23,36H,13,17H2,1-3H3,(H,32,34). The summed E-state index contributed by atoms with van der Waals surface area (Å²) in [7, 11) is 1.60. The van der Waals surface area contributed by atoms with E-state index in [2.05, 4.69) is 27.1 Å². The van der Waals surface area contributed by atoms with Crippen molar-refractivity contribution in [2.24, 2.45) is 0 Å². The van der Waals surface area contributed by atoms with Gasteiger partial charge < -0.3 is 20.1 Å². The fourth-order valence-corrected chi connectivity index (χ4v) is 3.69. The van der Waals surface area contributed by atoms with Crippen molar-refractivity contribution in [2.45, 2.75) is 31.9 Å². The molecule has 1 aliphatic heterocycles. The number of aromatic nitrogens is 2. The maximum atomic E-state index is 13.2. The number of rotatable bonds is 4. The van der Waals surface area contributed by atoms with Crippen molar-refractivity contribution in [3.05, 3.63) is 82.9 Å². The van der Waals surface area contributed by atoms with Gasteiger partial charge in [0.2, 0.25) is 0 Å². The second kappa shape index (κ2) is 10.5. The lowest BCUT2D eigenvalue weighted by Gasteiger charge is -2.20. The molecule has 0 fully saturated rings. The van der Waals surface area contributed by atoms with E-state index in [4.69, 9.17) is 10.00 Å². The summed E-state index contributed by atoms with van der Waals surface area (Å²) in [4.78, 5) is 36.0. The largest absolute Gasteiger partial charge is 0.489 e. The van der Waals surface area contributed by atoms with E-state index in [0.717, 1.165) is 5.56 Å². The highest BCUT2D eigenvalue weighted by molar-refractivity contribution is 6.03. The Hall–Kier alpha value is -4.73. The summed E-state index contributed by atoms with van der Waals surface area (Å²) in [6.45, 7) is 3.12. The van der Waals surface area contributed by atoms with Crippen LogP contribution >= 0.6 is 0 Å². The van der Waals surface area contributed by atoms with E-state index in [0.29, 0.717) is 34.8 Å². The Kier molecular flexibility index (Phi) is 7.19. The first-order chi connectivity index (χ1) is 17.6. The van der Waals surface area contributed by atoms with Crippen molar-refractivity contribution in [3.8, 4) is 23.7 Å². The number of carbonyl (C=O) groups excluding carboxylic acids is 2. The maximum Gasteiger partial charge on any atom is 0.270 e. The second-order valence-corrected chi connectivity index (χ2v) is 9.08.